The topological polar surface area (TPSA) is 23.5 Å². The van der Waals surface area contributed by atoms with Crippen LogP contribution in [0.3, 0.4) is 0 Å². The Bertz CT molecular complexity index is 264. The average molecular weight is 239 g/mol. The molecule has 0 spiro atoms. The zero-order chi connectivity index (χ0) is 12.6. The normalized spacial score (nSPS) is 40.6. The summed E-state index contributed by atoms with van der Waals surface area (Å²) in [5, 5.41) is 10.4. The second-order valence-corrected chi connectivity index (χ2v) is 7.28. The monoisotopic (exact) mass is 239 g/mol. The molecule has 0 aromatic carbocycles. The Hall–Kier alpha value is -0.0800. The van der Waals surface area contributed by atoms with Crippen LogP contribution < -0.4 is 0 Å². The molecular weight excluding hydrogens is 210 g/mol. The van der Waals surface area contributed by atoms with Crippen molar-refractivity contribution in [3.8, 4) is 0 Å². The van der Waals surface area contributed by atoms with Gasteiger partial charge in [0.2, 0.25) is 0 Å². The van der Waals surface area contributed by atoms with E-state index in [9.17, 15) is 5.11 Å². The minimum Gasteiger partial charge on any atom is -0.392 e. The molecule has 2 heteroatoms. The maximum atomic E-state index is 10.4. The third-order valence-electron chi connectivity index (χ3n) is 5.01. The summed E-state index contributed by atoms with van der Waals surface area (Å²) in [6.45, 7) is 9.08. The molecule has 2 aliphatic rings. The molecule has 2 rings (SSSR count). The lowest BCUT2D eigenvalue weighted by Gasteiger charge is -2.42. The molecule has 0 aromatic heterocycles. The molecule has 100 valence electrons. The van der Waals surface area contributed by atoms with Crippen LogP contribution in [-0.2, 0) is 0 Å². The first-order valence-corrected chi connectivity index (χ1v) is 7.27. The molecule has 2 aliphatic carbocycles. The first-order chi connectivity index (χ1) is 7.90. The summed E-state index contributed by atoms with van der Waals surface area (Å²) in [6.07, 6.45) is 4.95. The Morgan fingerprint density at radius 1 is 1.24 bits per heavy atom. The van der Waals surface area contributed by atoms with Gasteiger partial charge < -0.3 is 10.0 Å². The summed E-state index contributed by atoms with van der Waals surface area (Å²) in [5.41, 5.74) is 0.122. The highest BCUT2D eigenvalue weighted by molar-refractivity contribution is 4.90. The summed E-state index contributed by atoms with van der Waals surface area (Å²) in [7, 11) is 2.22. The fourth-order valence-corrected chi connectivity index (χ4v) is 3.48. The molecule has 4 unspecified atom stereocenters. The molecule has 0 aliphatic heterocycles. The highest BCUT2D eigenvalue weighted by Crippen LogP contribution is 2.40. The number of aliphatic hydroxyl groups is 1. The summed E-state index contributed by atoms with van der Waals surface area (Å²) < 4.78 is 0. The van der Waals surface area contributed by atoms with E-state index in [-0.39, 0.29) is 11.5 Å². The maximum absolute atomic E-state index is 10.4. The number of rotatable bonds is 4. The van der Waals surface area contributed by atoms with Gasteiger partial charge in [0, 0.05) is 13.1 Å². The summed E-state index contributed by atoms with van der Waals surface area (Å²) in [5.74, 6) is 2.34. The van der Waals surface area contributed by atoms with Crippen molar-refractivity contribution in [1.29, 1.82) is 0 Å². The summed E-state index contributed by atoms with van der Waals surface area (Å²) in [4.78, 5) is 2.45. The fourth-order valence-electron chi connectivity index (χ4n) is 3.48. The standard InChI is InChI=1S/C15H29NO/c1-11-8-13(11)10-16(4)9-12-6-5-7-15(2,3)14(12)17/h11-14,17H,5-10H2,1-4H3. The minimum atomic E-state index is -0.115. The van der Waals surface area contributed by atoms with Crippen molar-refractivity contribution in [2.24, 2.45) is 23.2 Å². The minimum absolute atomic E-state index is 0.115. The highest BCUT2D eigenvalue weighted by atomic mass is 16.3. The zero-order valence-corrected chi connectivity index (χ0v) is 11.9. The van der Waals surface area contributed by atoms with Crippen LogP contribution in [0.15, 0.2) is 0 Å². The van der Waals surface area contributed by atoms with Crippen molar-refractivity contribution in [1.82, 2.24) is 4.90 Å². The number of hydrogen-bond acceptors (Lipinski definition) is 2. The van der Waals surface area contributed by atoms with Gasteiger partial charge in [-0.1, -0.05) is 27.2 Å². The molecule has 2 saturated carbocycles. The van der Waals surface area contributed by atoms with E-state index in [0.717, 1.165) is 18.4 Å². The molecule has 0 heterocycles. The molecule has 2 fully saturated rings. The second kappa shape index (κ2) is 4.89. The van der Waals surface area contributed by atoms with Gasteiger partial charge in [-0.05, 0) is 49.5 Å². The molecule has 0 saturated heterocycles. The molecular formula is C15H29NO. The Kier molecular flexibility index (Phi) is 3.84. The predicted octanol–water partition coefficient (Wildman–Crippen LogP) is 2.76. The lowest BCUT2D eigenvalue weighted by molar-refractivity contribution is -0.0412. The van der Waals surface area contributed by atoms with Crippen LogP contribution in [0.25, 0.3) is 0 Å². The van der Waals surface area contributed by atoms with Gasteiger partial charge in [0.25, 0.3) is 0 Å². The average Bonchev–Trinajstić information content (AvgIpc) is 2.89. The Balaban J connectivity index is 1.81. The van der Waals surface area contributed by atoms with Crippen LogP contribution in [0.2, 0.25) is 0 Å². The quantitative estimate of drug-likeness (QED) is 0.815. The van der Waals surface area contributed by atoms with E-state index in [1.807, 2.05) is 0 Å². The van der Waals surface area contributed by atoms with Crippen LogP contribution in [-0.4, -0.2) is 36.2 Å². The van der Waals surface area contributed by atoms with Crippen molar-refractivity contribution in [2.45, 2.75) is 52.6 Å². The highest BCUT2D eigenvalue weighted by Gasteiger charge is 2.39. The lowest BCUT2D eigenvalue weighted by Crippen LogP contribution is -2.44. The van der Waals surface area contributed by atoms with Crippen molar-refractivity contribution in [2.75, 3.05) is 20.1 Å². The molecule has 0 bridgehead atoms. The molecule has 17 heavy (non-hydrogen) atoms. The third kappa shape index (κ3) is 3.23. The van der Waals surface area contributed by atoms with Gasteiger partial charge in [0.05, 0.1) is 6.10 Å². The maximum Gasteiger partial charge on any atom is 0.0631 e. The SMILES string of the molecule is CC1CC1CN(C)CC1CCCC(C)(C)C1O. The van der Waals surface area contributed by atoms with Crippen LogP contribution in [0.1, 0.15) is 46.5 Å². The first-order valence-electron chi connectivity index (χ1n) is 7.27. The Morgan fingerprint density at radius 2 is 1.82 bits per heavy atom. The second-order valence-electron chi connectivity index (χ2n) is 7.28. The van der Waals surface area contributed by atoms with Crippen LogP contribution >= 0.6 is 0 Å². The van der Waals surface area contributed by atoms with Crippen molar-refractivity contribution in [3.05, 3.63) is 0 Å². The number of hydrogen-bond donors (Lipinski definition) is 1. The largest absolute Gasteiger partial charge is 0.392 e. The fraction of sp³-hybridized carbons (Fsp3) is 1.00. The first kappa shape index (κ1) is 13.4. The van der Waals surface area contributed by atoms with Gasteiger partial charge in [0.1, 0.15) is 0 Å². The van der Waals surface area contributed by atoms with Gasteiger partial charge in [-0.2, -0.15) is 0 Å². The zero-order valence-electron chi connectivity index (χ0n) is 11.9. The van der Waals surface area contributed by atoms with Gasteiger partial charge in [0.15, 0.2) is 0 Å². The van der Waals surface area contributed by atoms with E-state index < -0.39 is 0 Å². The van der Waals surface area contributed by atoms with E-state index in [1.54, 1.807) is 0 Å². The van der Waals surface area contributed by atoms with Gasteiger partial charge in [-0.3, -0.25) is 0 Å². The van der Waals surface area contributed by atoms with E-state index in [1.165, 1.54) is 32.2 Å². The molecule has 0 radical (unpaired) electrons. The van der Waals surface area contributed by atoms with Crippen molar-refractivity contribution < 1.29 is 5.11 Å². The summed E-state index contributed by atoms with van der Waals surface area (Å²) >= 11 is 0. The Labute approximate surface area is 106 Å². The lowest BCUT2D eigenvalue weighted by atomic mass is 9.69. The van der Waals surface area contributed by atoms with Gasteiger partial charge in [-0.25, -0.2) is 0 Å². The van der Waals surface area contributed by atoms with E-state index in [0.29, 0.717) is 5.92 Å². The van der Waals surface area contributed by atoms with Crippen LogP contribution in [0.5, 0.6) is 0 Å². The van der Waals surface area contributed by atoms with Crippen molar-refractivity contribution >= 4 is 0 Å². The smallest absolute Gasteiger partial charge is 0.0631 e. The number of nitrogens with zero attached hydrogens (tertiary/aromatic N) is 1. The van der Waals surface area contributed by atoms with Crippen LogP contribution in [0.4, 0.5) is 0 Å². The number of aliphatic hydroxyl groups excluding tert-OH is 1. The molecule has 4 atom stereocenters. The van der Waals surface area contributed by atoms with E-state index in [2.05, 4.69) is 32.7 Å². The van der Waals surface area contributed by atoms with Crippen molar-refractivity contribution in [3.63, 3.8) is 0 Å². The van der Waals surface area contributed by atoms with Crippen LogP contribution in [0, 0.1) is 23.2 Å². The molecule has 1 N–H and O–H groups in total. The summed E-state index contributed by atoms with van der Waals surface area (Å²) in [6, 6.07) is 0. The van der Waals surface area contributed by atoms with E-state index >= 15 is 0 Å². The predicted molar refractivity (Wildman–Crippen MR) is 71.9 cm³/mol. The van der Waals surface area contributed by atoms with E-state index in [4.69, 9.17) is 0 Å². The molecule has 0 amide bonds. The van der Waals surface area contributed by atoms with Gasteiger partial charge in [-0.15, -0.1) is 0 Å². The Morgan fingerprint density at radius 3 is 2.41 bits per heavy atom. The van der Waals surface area contributed by atoms with Gasteiger partial charge >= 0.3 is 0 Å². The third-order valence-corrected chi connectivity index (χ3v) is 5.01. The molecule has 0 aromatic rings. The molecule has 2 nitrogen and oxygen atoms in total.